The number of anilines is 1. The van der Waals surface area contributed by atoms with Gasteiger partial charge in [0.15, 0.2) is 5.82 Å². The fourth-order valence-electron chi connectivity index (χ4n) is 8.16. The van der Waals surface area contributed by atoms with Crippen molar-refractivity contribution in [3.05, 3.63) is 47.9 Å². The van der Waals surface area contributed by atoms with Gasteiger partial charge in [-0.15, -0.1) is 0 Å². The van der Waals surface area contributed by atoms with Crippen LogP contribution in [0.3, 0.4) is 0 Å². The lowest BCUT2D eigenvalue weighted by molar-refractivity contribution is 0.108. The topological polar surface area (TPSA) is 78.5 Å². The summed E-state index contributed by atoms with van der Waals surface area (Å²) in [6, 6.07) is 11.2. The number of H-pyrrole nitrogens is 1. The van der Waals surface area contributed by atoms with E-state index >= 15 is 4.39 Å². The lowest BCUT2D eigenvalue weighted by Crippen LogP contribution is -2.51. The Labute approximate surface area is 245 Å². The van der Waals surface area contributed by atoms with Crippen LogP contribution in [-0.4, -0.2) is 84.0 Å². The monoisotopic (exact) mass is 570 g/mol. The molecular weight excluding hydrogens is 531 g/mol. The second-order valence-corrected chi connectivity index (χ2v) is 12.7. The molecule has 6 heterocycles. The Morgan fingerprint density at radius 1 is 1.02 bits per heavy atom. The van der Waals surface area contributed by atoms with Crippen LogP contribution in [0.25, 0.3) is 32.9 Å². The molecule has 0 radical (unpaired) electrons. The Hall–Kier alpha value is -3.27. The summed E-state index contributed by atoms with van der Waals surface area (Å²) in [4.78, 5) is 18.0. The Balaban J connectivity index is 1.23. The second kappa shape index (κ2) is 10.5. The van der Waals surface area contributed by atoms with Crippen LogP contribution >= 0.6 is 0 Å². The first-order valence-corrected chi connectivity index (χ1v) is 15.6. The lowest BCUT2D eigenvalue weighted by Gasteiger charge is -2.34. The molecule has 2 unspecified atom stereocenters. The molecule has 2 N–H and O–H groups in total. The lowest BCUT2D eigenvalue weighted by atomic mass is 9.95. The van der Waals surface area contributed by atoms with E-state index < -0.39 is 0 Å². The molecule has 0 aliphatic carbocycles. The third-order valence-corrected chi connectivity index (χ3v) is 10.2. The average molecular weight is 571 g/mol. The Morgan fingerprint density at radius 2 is 1.83 bits per heavy atom. The minimum atomic E-state index is -0.330. The van der Waals surface area contributed by atoms with Crippen LogP contribution in [0.4, 0.5) is 10.2 Å². The van der Waals surface area contributed by atoms with E-state index in [1.54, 1.807) is 7.11 Å². The predicted molar refractivity (Wildman–Crippen MR) is 163 cm³/mol. The summed E-state index contributed by atoms with van der Waals surface area (Å²) in [5, 5.41) is 5.48. The molecular formula is C33H39FN6O2. The van der Waals surface area contributed by atoms with Crippen LogP contribution in [0.5, 0.6) is 6.01 Å². The standard InChI is InChI=1S/C33H39FN6O2/c1-41-16-11-21-5-2-6-27-28(21)26(17-35-27)24-9-10-25-30(29(24)34)37-32(42-20-33-12-3-14-40(33)15-4-13-33)38-31(25)39-18-22-7-8-23(19-39)36-22/h2,5-6,9-10,17,22-23,35-36H,3-4,7-8,11-16,18-20H2,1H3. The van der Waals surface area contributed by atoms with Crippen molar-refractivity contribution in [2.75, 3.05) is 51.4 Å². The van der Waals surface area contributed by atoms with Gasteiger partial charge in [-0.25, -0.2) is 4.39 Å². The van der Waals surface area contributed by atoms with E-state index in [1.807, 2.05) is 30.5 Å². The summed E-state index contributed by atoms with van der Waals surface area (Å²) in [5.41, 5.74) is 3.88. The molecule has 0 saturated carbocycles. The maximum absolute atomic E-state index is 16.8. The van der Waals surface area contributed by atoms with Gasteiger partial charge in [-0.3, -0.25) is 4.90 Å². The molecule has 4 fully saturated rings. The number of methoxy groups -OCH3 is 1. The zero-order valence-electron chi connectivity index (χ0n) is 24.3. The molecule has 8 rings (SSSR count). The molecule has 2 atom stereocenters. The number of ether oxygens (including phenoxy) is 2. The third kappa shape index (κ3) is 4.36. The zero-order valence-corrected chi connectivity index (χ0v) is 24.3. The third-order valence-electron chi connectivity index (χ3n) is 10.2. The van der Waals surface area contributed by atoms with Crippen molar-refractivity contribution in [2.45, 2.75) is 62.6 Å². The van der Waals surface area contributed by atoms with Crippen LogP contribution < -0.4 is 15.0 Å². The Kier molecular flexibility index (Phi) is 6.57. The van der Waals surface area contributed by atoms with Gasteiger partial charge in [0.25, 0.3) is 0 Å². The molecule has 0 spiro atoms. The van der Waals surface area contributed by atoms with Crippen molar-refractivity contribution < 1.29 is 13.9 Å². The quantitative estimate of drug-likeness (QED) is 0.307. The number of aromatic nitrogens is 3. The first-order chi connectivity index (χ1) is 20.6. The van der Waals surface area contributed by atoms with Crippen molar-refractivity contribution >= 4 is 27.6 Å². The van der Waals surface area contributed by atoms with Crippen molar-refractivity contribution in [1.29, 1.82) is 0 Å². The minimum Gasteiger partial charge on any atom is -0.461 e. The van der Waals surface area contributed by atoms with E-state index in [1.165, 1.54) is 12.8 Å². The van der Waals surface area contributed by atoms with E-state index in [4.69, 9.17) is 19.4 Å². The van der Waals surface area contributed by atoms with E-state index in [-0.39, 0.29) is 17.4 Å². The van der Waals surface area contributed by atoms with Crippen molar-refractivity contribution in [1.82, 2.24) is 25.2 Å². The first kappa shape index (κ1) is 26.4. The first-order valence-electron chi connectivity index (χ1n) is 15.6. The molecule has 2 aromatic heterocycles. The Bertz CT molecular complexity index is 1620. The largest absolute Gasteiger partial charge is 0.461 e. The molecule has 8 nitrogen and oxygen atoms in total. The summed E-state index contributed by atoms with van der Waals surface area (Å²) in [7, 11) is 1.71. The number of nitrogens with zero attached hydrogens (tertiary/aromatic N) is 4. The normalized spacial score (nSPS) is 23.3. The van der Waals surface area contributed by atoms with E-state index in [0.717, 1.165) is 91.5 Å². The maximum Gasteiger partial charge on any atom is 0.319 e. The highest BCUT2D eigenvalue weighted by Gasteiger charge is 2.45. The second-order valence-electron chi connectivity index (χ2n) is 12.7. The predicted octanol–water partition coefficient (Wildman–Crippen LogP) is 5.05. The van der Waals surface area contributed by atoms with Gasteiger partial charge < -0.3 is 24.7 Å². The van der Waals surface area contributed by atoms with Crippen molar-refractivity contribution in [3.63, 3.8) is 0 Å². The van der Waals surface area contributed by atoms with E-state index in [9.17, 15) is 0 Å². The van der Waals surface area contributed by atoms with E-state index in [2.05, 4.69) is 26.2 Å². The van der Waals surface area contributed by atoms with Crippen molar-refractivity contribution in [2.24, 2.45) is 0 Å². The van der Waals surface area contributed by atoms with Gasteiger partial charge in [0.05, 0.1) is 12.1 Å². The number of halogens is 1. The summed E-state index contributed by atoms with van der Waals surface area (Å²) in [5.74, 6) is 0.453. The fraction of sp³-hybridized carbons (Fsp3) is 0.515. The highest BCUT2D eigenvalue weighted by molar-refractivity contribution is 6.01. The maximum atomic E-state index is 16.8. The number of aromatic amines is 1. The number of fused-ring (bicyclic) bond motifs is 5. The van der Waals surface area contributed by atoms with Crippen LogP contribution in [-0.2, 0) is 11.2 Å². The number of nitrogens with one attached hydrogen (secondary N) is 2. The van der Waals surface area contributed by atoms with E-state index in [0.29, 0.717) is 36.4 Å². The number of hydrogen-bond donors (Lipinski definition) is 2. The van der Waals surface area contributed by atoms with Gasteiger partial charge in [-0.05, 0) is 75.7 Å². The van der Waals surface area contributed by atoms with Crippen LogP contribution in [0.1, 0.15) is 44.1 Å². The number of hydrogen-bond acceptors (Lipinski definition) is 7. The highest BCUT2D eigenvalue weighted by atomic mass is 19.1. The van der Waals surface area contributed by atoms with Gasteiger partial charge in [-0.1, -0.05) is 18.2 Å². The molecule has 220 valence electrons. The number of benzene rings is 2. The summed E-state index contributed by atoms with van der Waals surface area (Å²) in [6.45, 7) is 5.13. The SMILES string of the molecule is COCCc1cccc2[nH]cc(-c3ccc4c(N5CC6CCC(C5)N6)nc(OCC56CCCN5CCC6)nc4c3F)c12. The van der Waals surface area contributed by atoms with Crippen LogP contribution in [0.15, 0.2) is 36.5 Å². The molecule has 9 heteroatoms. The van der Waals surface area contributed by atoms with Crippen molar-refractivity contribution in [3.8, 4) is 17.1 Å². The number of piperazine rings is 1. The molecule has 0 amide bonds. The molecule has 2 aromatic carbocycles. The van der Waals surface area contributed by atoms with Crippen LogP contribution in [0, 0.1) is 5.82 Å². The van der Waals surface area contributed by atoms with Gasteiger partial charge in [0, 0.05) is 65.9 Å². The molecule has 4 aliphatic rings. The molecule has 4 saturated heterocycles. The minimum absolute atomic E-state index is 0.0651. The molecule has 4 aromatic rings. The summed E-state index contributed by atoms with van der Waals surface area (Å²) >= 11 is 0. The number of rotatable bonds is 8. The van der Waals surface area contributed by atoms with Gasteiger partial charge in [-0.2, -0.15) is 9.97 Å². The summed E-state index contributed by atoms with van der Waals surface area (Å²) in [6.07, 6.45) is 9.66. The zero-order chi connectivity index (χ0) is 28.3. The Morgan fingerprint density at radius 3 is 2.62 bits per heavy atom. The summed E-state index contributed by atoms with van der Waals surface area (Å²) < 4.78 is 28.6. The smallest absolute Gasteiger partial charge is 0.319 e. The molecule has 2 bridgehead atoms. The van der Waals surface area contributed by atoms with Gasteiger partial charge in [0.1, 0.15) is 17.9 Å². The fourth-order valence-corrected chi connectivity index (χ4v) is 8.16. The van der Waals surface area contributed by atoms with Gasteiger partial charge >= 0.3 is 6.01 Å². The average Bonchev–Trinajstić information content (AvgIpc) is 3.78. The highest BCUT2D eigenvalue weighted by Crippen LogP contribution is 2.41. The van der Waals surface area contributed by atoms with Gasteiger partial charge in [0.2, 0.25) is 0 Å². The van der Waals surface area contributed by atoms with Crippen LogP contribution in [0.2, 0.25) is 0 Å². The molecule has 4 aliphatic heterocycles. The molecule has 42 heavy (non-hydrogen) atoms.